The van der Waals surface area contributed by atoms with Gasteiger partial charge >= 0.3 is 0 Å². The minimum Gasteiger partial charge on any atom is -0.346 e. The number of nitriles is 1. The molecule has 5 heteroatoms. The van der Waals surface area contributed by atoms with Crippen molar-refractivity contribution < 1.29 is 0 Å². The molecule has 0 saturated heterocycles. The molecule has 0 spiro atoms. The topological polar surface area (TPSA) is 41.6 Å². The van der Waals surface area contributed by atoms with Gasteiger partial charge in [0.2, 0.25) is 0 Å². The van der Waals surface area contributed by atoms with Crippen molar-refractivity contribution in [3.63, 3.8) is 0 Å². The highest BCUT2D eigenvalue weighted by Gasteiger charge is 2.26. The third-order valence-electron chi connectivity index (χ3n) is 4.36. The standard InChI is InChI=1S/C19H17N3S2/c1-12-8-14(13(2)22(12)16-5-6-16)9-15(10-20)19-21-17(11-24-19)18-4-3-7-23-18/h3-4,7-9,11,16H,5-6H2,1-2H3/b15-9+. The Kier molecular flexibility index (Phi) is 3.87. The molecular formula is C19H17N3S2. The number of nitrogens with zero attached hydrogens (tertiary/aromatic N) is 3. The largest absolute Gasteiger partial charge is 0.346 e. The van der Waals surface area contributed by atoms with E-state index in [1.165, 1.54) is 35.6 Å². The van der Waals surface area contributed by atoms with E-state index >= 15 is 0 Å². The highest BCUT2D eigenvalue weighted by molar-refractivity contribution is 7.14. The number of hydrogen-bond acceptors (Lipinski definition) is 4. The molecular weight excluding hydrogens is 334 g/mol. The molecule has 0 unspecified atom stereocenters. The molecule has 0 radical (unpaired) electrons. The van der Waals surface area contributed by atoms with Gasteiger partial charge in [0.15, 0.2) is 0 Å². The van der Waals surface area contributed by atoms with Crippen molar-refractivity contribution >= 4 is 34.3 Å². The van der Waals surface area contributed by atoms with E-state index in [1.807, 2.05) is 22.9 Å². The molecule has 1 fully saturated rings. The summed E-state index contributed by atoms with van der Waals surface area (Å²) in [5, 5.41) is 14.5. The molecule has 24 heavy (non-hydrogen) atoms. The van der Waals surface area contributed by atoms with Crippen molar-refractivity contribution in [3.8, 4) is 16.6 Å². The number of thiazole rings is 1. The van der Waals surface area contributed by atoms with Crippen LogP contribution in [0.3, 0.4) is 0 Å². The van der Waals surface area contributed by atoms with Crippen LogP contribution in [0.15, 0.2) is 29.0 Å². The fraction of sp³-hybridized carbons (Fsp3) is 0.263. The first-order valence-corrected chi connectivity index (χ1v) is 9.73. The second-order valence-electron chi connectivity index (χ2n) is 6.11. The van der Waals surface area contributed by atoms with Crippen molar-refractivity contribution in [2.45, 2.75) is 32.7 Å². The molecule has 1 saturated carbocycles. The molecule has 3 heterocycles. The van der Waals surface area contributed by atoms with E-state index in [2.05, 4.69) is 41.6 Å². The van der Waals surface area contributed by atoms with Crippen molar-refractivity contribution in [1.82, 2.24) is 9.55 Å². The zero-order valence-corrected chi connectivity index (χ0v) is 15.2. The second-order valence-corrected chi connectivity index (χ2v) is 7.92. The summed E-state index contributed by atoms with van der Waals surface area (Å²) in [6.07, 6.45) is 4.51. The summed E-state index contributed by atoms with van der Waals surface area (Å²) in [6, 6.07) is 9.24. The van der Waals surface area contributed by atoms with Crippen molar-refractivity contribution in [1.29, 1.82) is 5.26 Å². The third-order valence-corrected chi connectivity index (χ3v) is 6.13. The second kappa shape index (κ2) is 6.04. The zero-order valence-electron chi connectivity index (χ0n) is 13.6. The zero-order chi connectivity index (χ0) is 16.7. The van der Waals surface area contributed by atoms with Crippen LogP contribution < -0.4 is 0 Å². The van der Waals surface area contributed by atoms with Gasteiger partial charge in [0.1, 0.15) is 11.1 Å². The Morgan fingerprint density at radius 2 is 2.21 bits per heavy atom. The molecule has 0 N–H and O–H groups in total. The Labute approximate surface area is 149 Å². The van der Waals surface area contributed by atoms with E-state index in [0.717, 1.165) is 21.1 Å². The molecule has 0 bridgehead atoms. The molecule has 1 aliphatic carbocycles. The Morgan fingerprint density at radius 3 is 2.88 bits per heavy atom. The molecule has 3 aromatic heterocycles. The maximum Gasteiger partial charge on any atom is 0.134 e. The van der Waals surface area contributed by atoms with E-state index in [-0.39, 0.29) is 0 Å². The van der Waals surface area contributed by atoms with Gasteiger partial charge in [-0.15, -0.1) is 22.7 Å². The monoisotopic (exact) mass is 351 g/mol. The van der Waals surface area contributed by atoms with Gasteiger partial charge in [0.25, 0.3) is 0 Å². The molecule has 1 aliphatic rings. The van der Waals surface area contributed by atoms with Gasteiger partial charge in [-0.1, -0.05) is 6.07 Å². The smallest absolute Gasteiger partial charge is 0.134 e. The summed E-state index contributed by atoms with van der Waals surface area (Å²) < 4.78 is 2.40. The van der Waals surface area contributed by atoms with E-state index in [1.54, 1.807) is 11.3 Å². The maximum atomic E-state index is 9.61. The van der Waals surface area contributed by atoms with Gasteiger partial charge in [-0.25, -0.2) is 4.98 Å². The van der Waals surface area contributed by atoms with Crippen LogP contribution in [0.5, 0.6) is 0 Å². The van der Waals surface area contributed by atoms with Crippen molar-refractivity contribution in [2.75, 3.05) is 0 Å². The Morgan fingerprint density at radius 1 is 1.38 bits per heavy atom. The normalized spacial score (nSPS) is 14.8. The molecule has 4 rings (SSSR count). The van der Waals surface area contributed by atoms with Gasteiger partial charge in [0, 0.05) is 22.8 Å². The van der Waals surface area contributed by atoms with Crippen LogP contribution in [0, 0.1) is 25.2 Å². The summed E-state index contributed by atoms with van der Waals surface area (Å²) in [4.78, 5) is 5.80. The van der Waals surface area contributed by atoms with Crippen LogP contribution in [-0.2, 0) is 0 Å². The summed E-state index contributed by atoms with van der Waals surface area (Å²) in [7, 11) is 0. The first-order valence-electron chi connectivity index (χ1n) is 7.97. The molecule has 0 aliphatic heterocycles. The lowest BCUT2D eigenvalue weighted by Gasteiger charge is -2.06. The van der Waals surface area contributed by atoms with E-state index in [4.69, 9.17) is 0 Å². The maximum absolute atomic E-state index is 9.61. The highest BCUT2D eigenvalue weighted by atomic mass is 32.1. The molecule has 0 aromatic carbocycles. The molecule has 3 nitrogen and oxygen atoms in total. The summed E-state index contributed by atoms with van der Waals surface area (Å²) >= 11 is 3.20. The van der Waals surface area contributed by atoms with Gasteiger partial charge in [-0.05, 0) is 55.8 Å². The predicted octanol–water partition coefficient (Wildman–Crippen LogP) is 5.69. The first kappa shape index (κ1) is 15.4. The minimum atomic E-state index is 0.638. The number of hydrogen-bond donors (Lipinski definition) is 0. The van der Waals surface area contributed by atoms with Crippen molar-refractivity contribution in [3.05, 3.63) is 50.9 Å². The van der Waals surface area contributed by atoms with Crippen molar-refractivity contribution in [2.24, 2.45) is 0 Å². The summed E-state index contributed by atoms with van der Waals surface area (Å²) in [6.45, 7) is 4.29. The molecule has 0 amide bonds. The van der Waals surface area contributed by atoms with Gasteiger partial charge in [-0.3, -0.25) is 0 Å². The minimum absolute atomic E-state index is 0.638. The van der Waals surface area contributed by atoms with Crippen LogP contribution >= 0.6 is 22.7 Å². The first-order chi connectivity index (χ1) is 11.7. The average Bonchev–Trinajstić information content (AvgIpc) is 3.01. The van der Waals surface area contributed by atoms with E-state index in [0.29, 0.717) is 11.6 Å². The average molecular weight is 352 g/mol. The molecule has 0 atom stereocenters. The summed E-state index contributed by atoms with van der Waals surface area (Å²) in [5.74, 6) is 0. The molecule has 3 aromatic rings. The van der Waals surface area contributed by atoms with Crippen LogP contribution in [-0.4, -0.2) is 9.55 Å². The lowest BCUT2D eigenvalue weighted by Crippen LogP contribution is -1.98. The third kappa shape index (κ3) is 2.72. The van der Waals surface area contributed by atoms with Crippen LogP contribution in [0.25, 0.3) is 22.2 Å². The Balaban J connectivity index is 1.70. The quantitative estimate of drug-likeness (QED) is 0.567. The number of aryl methyl sites for hydroxylation is 1. The van der Waals surface area contributed by atoms with Crippen LogP contribution in [0.4, 0.5) is 0 Å². The summed E-state index contributed by atoms with van der Waals surface area (Å²) in [5.41, 5.74) is 5.24. The Hall–Kier alpha value is -2.16. The van der Waals surface area contributed by atoms with Gasteiger partial charge in [0.05, 0.1) is 16.1 Å². The lowest BCUT2D eigenvalue weighted by molar-refractivity contribution is 0.699. The van der Waals surface area contributed by atoms with E-state index < -0.39 is 0 Å². The van der Waals surface area contributed by atoms with E-state index in [9.17, 15) is 5.26 Å². The number of thiophene rings is 1. The lowest BCUT2D eigenvalue weighted by atomic mass is 10.1. The fourth-order valence-electron chi connectivity index (χ4n) is 3.08. The SMILES string of the molecule is Cc1cc(/C=C(\C#N)c2nc(-c3cccs3)cs2)c(C)n1C1CC1. The predicted molar refractivity (Wildman–Crippen MR) is 101 cm³/mol. The van der Waals surface area contributed by atoms with Gasteiger partial charge in [-0.2, -0.15) is 5.26 Å². The van der Waals surface area contributed by atoms with Gasteiger partial charge < -0.3 is 4.57 Å². The Bertz CT molecular complexity index is 948. The highest BCUT2D eigenvalue weighted by Crippen LogP contribution is 2.39. The van der Waals surface area contributed by atoms with Crippen LogP contribution in [0.1, 0.15) is 40.8 Å². The van der Waals surface area contributed by atoms with Crippen LogP contribution in [0.2, 0.25) is 0 Å². The number of allylic oxidation sites excluding steroid dienone is 1. The molecule has 120 valence electrons. The number of aromatic nitrogens is 2. The number of rotatable bonds is 4. The fourth-order valence-corrected chi connectivity index (χ4v) is 4.62.